The van der Waals surface area contributed by atoms with Crippen molar-refractivity contribution in [3.8, 4) is 0 Å². The summed E-state index contributed by atoms with van der Waals surface area (Å²) in [5.74, 6) is 0. The second kappa shape index (κ2) is 6.83. The van der Waals surface area contributed by atoms with Crippen LogP contribution in [0.1, 0.15) is 41.5 Å². The molecule has 0 aliphatic rings. The molecule has 1 aromatic rings. The van der Waals surface area contributed by atoms with Gasteiger partial charge in [0.15, 0.2) is 8.32 Å². The summed E-state index contributed by atoms with van der Waals surface area (Å²) < 4.78 is 11.4. The molecule has 0 aliphatic heterocycles. The van der Waals surface area contributed by atoms with E-state index in [0.29, 0.717) is 0 Å². The summed E-state index contributed by atoms with van der Waals surface area (Å²) in [5.41, 5.74) is 0. The Kier molecular flexibility index (Phi) is 6.22. The minimum absolute atomic E-state index is 0.116. The summed E-state index contributed by atoms with van der Waals surface area (Å²) in [6.07, 6.45) is 0. The van der Waals surface area contributed by atoms with Crippen molar-refractivity contribution in [2.24, 2.45) is 0 Å². The fourth-order valence-corrected chi connectivity index (χ4v) is 20.8. The average Bonchev–Trinajstić information content (AvgIpc) is 2.34. The molecule has 2 nitrogen and oxygen atoms in total. The average molecular weight is 382 g/mol. The lowest BCUT2D eigenvalue weighted by atomic mass is 10.2. The molecule has 0 radical (unpaired) electrons. The molecule has 0 amide bonds. The van der Waals surface area contributed by atoms with E-state index in [2.05, 4.69) is 109 Å². The van der Waals surface area contributed by atoms with E-state index in [-0.39, 0.29) is 10.1 Å². The third-order valence-electron chi connectivity index (χ3n) is 4.56. The fraction of sp³-hybridized carbons (Fsp3) is 0.684. The molecule has 0 aromatic heterocycles. The predicted octanol–water partition coefficient (Wildman–Crippen LogP) is 5.58. The second-order valence-electron chi connectivity index (χ2n) is 10.5. The number of benzene rings is 1. The van der Waals surface area contributed by atoms with Gasteiger partial charge in [0.05, 0.1) is 0 Å². The highest BCUT2D eigenvalue weighted by Crippen LogP contribution is 2.51. The zero-order valence-corrected chi connectivity index (χ0v) is 20.8. The van der Waals surface area contributed by atoms with Crippen molar-refractivity contribution in [1.29, 1.82) is 0 Å². The van der Waals surface area contributed by atoms with Gasteiger partial charge < -0.3 is 8.76 Å². The van der Waals surface area contributed by atoms with Crippen LogP contribution < -0.4 is 9.83 Å². The van der Waals surface area contributed by atoms with Gasteiger partial charge >= 0.3 is 0 Å². The molecule has 24 heavy (non-hydrogen) atoms. The summed E-state index contributed by atoms with van der Waals surface area (Å²) in [6, 6.07) is 11.0. The summed E-state index contributed by atoms with van der Waals surface area (Å²) >= 11 is 0. The van der Waals surface area contributed by atoms with Crippen LogP contribution in [-0.4, -0.2) is 25.0 Å². The zero-order chi connectivity index (χ0) is 19.0. The van der Waals surface area contributed by atoms with Gasteiger partial charge in [0, 0.05) is 0 Å². The van der Waals surface area contributed by atoms with Crippen LogP contribution in [-0.2, 0) is 4.12 Å². The molecule has 0 bridgehead atoms. The Morgan fingerprint density at radius 2 is 1.17 bits per heavy atom. The van der Waals surface area contributed by atoms with Gasteiger partial charge in [-0.05, 0) is 34.9 Å². The van der Waals surface area contributed by atoms with E-state index in [4.69, 9.17) is 4.12 Å². The Hall–Kier alpha value is -0.209. The van der Waals surface area contributed by atoms with Crippen molar-refractivity contribution in [3.05, 3.63) is 30.3 Å². The van der Waals surface area contributed by atoms with E-state index in [1.165, 1.54) is 5.19 Å². The van der Waals surface area contributed by atoms with Gasteiger partial charge in [-0.2, -0.15) is 0 Å². The van der Waals surface area contributed by atoms with E-state index in [1.54, 1.807) is 0 Å². The minimum atomic E-state index is -2.28. The Morgan fingerprint density at radius 3 is 1.50 bits per heavy atom. The highest BCUT2D eigenvalue weighted by atomic mass is 28.5. The molecule has 0 atom stereocenters. The number of hydrogen-bond acceptors (Lipinski definition) is 2. The fourth-order valence-electron chi connectivity index (χ4n) is 3.66. The second-order valence-corrected chi connectivity index (χ2v) is 24.7. The summed E-state index contributed by atoms with van der Waals surface area (Å²) in [4.78, 5) is 0. The van der Waals surface area contributed by atoms with Gasteiger partial charge in [0.2, 0.25) is 0 Å². The Balaban J connectivity index is 3.48. The van der Waals surface area contributed by atoms with E-state index in [1.807, 2.05) is 0 Å². The van der Waals surface area contributed by atoms with Crippen LogP contribution in [0.15, 0.2) is 30.3 Å². The summed E-state index contributed by atoms with van der Waals surface area (Å²) in [6.45, 7) is 26.0. The van der Waals surface area contributed by atoms with Crippen LogP contribution in [0, 0.1) is 0 Å². The molecule has 0 fully saturated rings. The van der Waals surface area contributed by atoms with Crippen LogP contribution >= 0.6 is 0 Å². The molecule has 1 rings (SSSR count). The predicted molar refractivity (Wildman–Crippen MR) is 116 cm³/mol. The van der Waals surface area contributed by atoms with Gasteiger partial charge in [-0.3, -0.25) is 0 Å². The van der Waals surface area contributed by atoms with Crippen LogP contribution in [0.25, 0.3) is 0 Å². The van der Waals surface area contributed by atoms with Crippen molar-refractivity contribution in [2.45, 2.75) is 84.4 Å². The van der Waals surface area contributed by atoms with Crippen molar-refractivity contribution in [1.82, 2.24) is 4.65 Å². The molecule has 5 heteroatoms. The van der Waals surface area contributed by atoms with Crippen molar-refractivity contribution >= 4 is 30.2 Å². The largest absolute Gasteiger partial charge is 0.444 e. The standard InChI is InChI=1S/C19H39NOSi3/c1-18(2,3)24(19(4,5)6,21-22(7,8)9)20-23(10,11)17-15-13-12-14-16-17/h12-16,20H,1-11H3. The van der Waals surface area contributed by atoms with E-state index < -0.39 is 25.0 Å². The van der Waals surface area contributed by atoms with E-state index >= 15 is 0 Å². The van der Waals surface area contributed by atoms with Gasteiger partial charge in [0.1, 0.15) is 8.24 Å². The van der Waals surface area contributed by atoms with E-state index in [9.17, 15) is 0 Å². The zero-order valence-electron chi connectivity index (χ0n) is 17.8. The maximum absolute atomic E-state index is 7.11. The topological polar surface area (TPSA) is 21.3 Å². The van der Waals surface area contributed by atoms with Gasteiger partial charge in [-0.1, -0.05) is 85.0 Å². The Bertz CT molecular complexity index is 522. The van der Waals surface area contributed by atoms with E-state index in [0.717, 1.165) is 0 Å². The number of hydrogen-bond donors (Lipinski definition) is 1. The third-order valence-corrected chi connectivity index (χ3v) is 18.1. The SMILES string of the molecule is CC(C)(C)[Si](N[Si](C)(C)c1ccccc1)(O[Si](C)(C)C)C(C)(C)C. The van der Waals surface area contributed by atoms with Crippen molar-refractivity contribution < 1.29 is 4.12 Å². The molecule has 0 aliphatic carbocycles. The summed E-state index contributed by atoms with van der Waals surface area (Å²) in [5, 5.41) is 1.68. The number of rotatable bonds is 5. The Morgan fingerprint density at radius 1 is 0.750 bits per heavy atom. The maximum Gasteiger partial charge on any atom is 0.263 e. The van der Waals surface area contributed by atoms with Gasteiger partial charge in [-0.15, -0.1) is 0 Å². The lowest BCUT2D eigenvalue weighted by Gasteiger charge is -2.56. The first-order chi connectivity index (χ1) is 10.5. The third kappa shape index (κ3) is 4.91. The molecular weight excluding hydrogens is 342 g/mol. The molecule has 138 valence electrons. The van der Waals surface area contributed by atoms with Crippen LogP contribution in [0.3, 0.4) is 0 Å². The molecule has 0 unspecified atom stereocenters. The maximum atomic E-state index is 7.11. The number of nitrogens with one attached hydrogen (secondary N) is 1. The normalized spacial score (nSPS) is 14.8. The van der Waals surface area contributed by atoms with Crippen molar-refractivity contribution in [3.63, 3.8) is 0 Å². The van der Waals surface area contributed by atoms with Crippen LogP contribution in [0.5, 0.6) is 0 Å². The van der Waals surface area contributed by atoms with Crippen LogP contribution in [0.2, 0.25) is 42.8 Å². The first-order valence-electron chi connectivity index (χ1n) is 9.07. The lowest BCUT2D eigenvalue weighted by molar-refractivity contribution is 0.410. The quantitative estimate of drug-likeness (QED) is 0.672. The van der Waals surface area contributed by atoms with Gasteiger partial charge in [-0.25, -0.2) is 0 Å². The highest BCUT2D eigenvalue weighted by molar-refractivity contribution is 7.00. The molecule has 0 saturated carbocycles. The Labute approximate surface area is 153 Å². The first-order valence-corrected chi connectivity index (χ1v) is 17.4. The molecule has 1 N–H and O–H groups in total. The first kappa shape index (κ1) is 21.8. The monoisotopic (exact) mass is 381 g/mol. The smallest absolute Gasteiger partial charge is 0.263 e. The minimum Gasteiger partial charge on any atom is -0.444 e. The molecule has 0 heterocycles. The molecule has 0 spiro atoms. The molecular formula is C19H39NOSi3. The lowest BCUT2D eigenvalue weighted by Crippen LogP contribution is -2.76. The van der Waals surface area contributed by atoms with Gasteiger partial charge in [0.25, 0.3) is 8.48 Å². The molecule has 0 saturated heterocycles. The van der Waals surface area contributed by atoms with Crippen LogP contribution in [0.4, 0.5) is 0 Å². The highest BCUT2D eigenvalue weighted by Gasteiger charge is 2.59. The molecule has 1 aromatic carbocycles. The summed E-state index contributed by atoms with van der Waals surface area (Å²) in [7, 11) is -5.80. The van der Waals surface area contributed by atoms with Crippen molar-refractivity contribution in [2.75, 3.05) is 0 Å².